The van der Waals surface area contributed by atoms with Crippen molar-refractivity contribution in [1.29, 1.82) is 0 Å². The normalized spacial score (nSPS) is 14.8. The number of rotatable bonds is 35. The van der Waals surface area contributed by atoms with Crippen LogP contribution < -0.4 is 32.8 Å². The first-order valence-electron chi connectivity index (χ1n) is 34.0. The quantitative estimate of drug-likeness (QED) is 0.00499. The molecule has 2 atom stereocenters. The van der Waals surface area contributed by atoms with Crippen LogP contribution in [-0.2, 0) is 136 Å². The van der Waals surface area contributed by atoms with E-state index in [9.17, 15) is 58.2 Å². The van der Waals surface area contributed by atoms with Crippen LogP contribution in [0.25, 0.3) is 65.5 Å². The number of amides is 3. The van der Waals surface area contributed by atoms with Gasteiger partial charge in [-0.2, -0.15) is 0 Å². The van der Waals surface area contributed by atoms with E-state index in [1.807, 2.05) is 13.8 Å². The van der Waals surface area contributed by atoms with Crippen molar-refractivity contribution in [1.82, 2.24) is 35.1 Å². The molecular formula is C70H87Cl3N14O23. The highest BCUT2D eigenvalue weighted by atomic mass is 35.5. The molecule has 6 aromatic rings. The van der Waals surface area contributed by atoms with E-state index in [0.29, 0.717) is 98.3 Å². The molecule has 8 N–H and O–H groups in total. The molecule has 0 spiro atoms. The number of aliphatic carboxylic acids is 1. The molecule has 8 heterocycles. The zero-order chi connectivity index (χ0) is 78.5. The van der Waals surface area contributed by atoms with Crippen LogP contribution in [0.5, 0.6) is 11.5 Å². The number of hydrogen-bond donors (Lipinski definition) is 7. The van der Waals surface area contributed by atoms with Crippen LogP contribution in [0.4, 0.5) is 0 Å². The fourth-order valence-corrected chi connectivity index (χ4v) is 12.1. The first-order valence-corrected chi connectivity index (χ1v) is 35.1. The second-order valence-electron chi connectivity index (χ2n) is 23.6. The molecule has 2 aromatic carbocycles. The molecule has 596 valence electrons. The first kappa shape index (κ1) is 90.3. The minimum atomic E-state index is -1.96. The summed E-state index contributed by atoms with van der Waals surface area (Å²) in [7, 11) is 0. The molecule has 0 saturated heterocycles. The summed E-state index contributed by atoms with van der Waals surface area (Å²) in [5, 5.41) is 44.2. The number of carbonyl (C=O) groups excluding carboxylic acids is 7. The molecule has 4 aliphatic heterocycles. The molecule has 0 radical (unpaired) electrons. The lowest BCUT2D eigenvalue weighted by Crippen LogP contribution is -2.49. The van der Waals surface area contributed by atoms with Gasteiger partial charge in [-0.15, -0.1) is 35.6 Å². The Hall–Kier alpha value is -10.3. The molecule has 3 amide bonds. The number of esters is 4. The number of carbonyl (C=O) groups is 8. The molecule has 0 fully saturated rings. The number of aromatic nitrogens is 4. The number of aromatic hydroxyl groups is 2. The van der Waals surface area contributed by atoms with Gasteiger partial charge in [-0.3, -0.25) is 33.6 Å². The highest BCUT2D eigenvalue weighted by Gasteiger charge is 2.52. The summed E-state index contributed by atoms with van der Waals surface area (Å²) < 4.78 is 55.5. The summed E-state index contributed by atoms with van der Waals surface area (Å²) in [6.07, 6.45) is 1.33. The van der Waals surface area contributed by atoms with Gasteiger partial charge in [0.2, 0.25) is 28.9 Å². The molecule has 110 heavy (non-hydrogen) atoms. The Morgan fingerprint density at radius 3 is 1.35 bits per heavy atom. The third-order valence-electron chi connectivity index (χ3n) is 17.0. The van der Waals surface area contributed by atoms with Gasteiger partial charge in [-0.05, 0) is 96.4 Å². The van der Waals surface area contributed by atoms with Gasteiger partial charge in [0.05, 0.1) is 123 Å². The molecule has 4 aliphatic rings. The number of phenolic OH excluding ortho intramolecular Hbond substituents is 2. The summed E-state index contributed by atoms with van der Waals surface area (Å²) in [4.78, 5) is 139. The van der Waals surface area contributed by atoms with E-state index in [2.05, 4.69) is 40.7 Å². The lowest BCUT2D eigenvalue weighted by Gasteiger charge is -2.35. The number of alkyl halides is 2. The second kappa shape index (κ2) is 44.4. The Morgan fingerprint density at radius 2 is 0.973 bits per heavy atom. The lowest BCUT2D eigenvalue weighted by atomic mass is 9.85. The van der Waals surface area contributed by atoms with Crippen LogP contribution in [0.1, 0.15) is 92.5 Å². The number of fused-ring (bicyclic) bond motifs is 10. The van der Waals surface area contributed by atoms with Gasteiger partial charge in [0.25, 0.3) is 11.1 Å². The average molecular weight is 1600 g/mol. The fourth-order valence-electron chi connectivity index (χ4n) is 12.1. The number of carboxylic acid groups (broad SMARTS) is 1. The van der Waals surface area contributed by atoms with E-state index in [1.54, 1.807) is 65.4 Å². The SMILES string of the molecule is C.CCc1c2c(nc3ccc(O)cc13)-c1cc3c(c(=O)n1C2)COC(=O)[C@@]3(CC)OC(=O)CN.CCc1c2c(nc3ccc(O)cc13)-c1cc3c(c(=O)n1C2)COC(=O)[C@@]3(CC)OC(=O)CNC(=O)COCC(=O)NCCOCCOCCN=[N+]=[N-].Cl.ClCCl.[N-]=[N+]=NCCOCCOCCNC(=O)COCC(=O)O. The van der Waals surface area contributed by atoms with Crippen LogP contribution in [0.15, 0.2) is 68.3 Å². The number of benzene rings is 2. The number of aryl methyl sites for hydroxylation is 2. The molecular weight excluding hydrogens is 1510 g/mol. The van der Waals surface area contributed by atoms with Crippen molar-refractivity contribution in [2.45, 2.75) is 98.3 Å². The van der Waals surface area contributed by atoms with Crippen LogP contribution in [0.3, 0.4) is 0 Å². The van der Waals surface area contributed by atoms with Crippen LogP contribution >= 0.6 is 35.6 Å². The van der Waals surface area contributed by atoms with Crippen molar-refractivity contribution >= 4 is 105 Å². The zero-order valence-corrected chi connectivity index (χ0v) is 62.3. The summed E-state index contributed by atoms with van der Waals surface area (Å²) in [6.45, 7) is 8.03. The number of phenols is 2. The van der Waals surface area contributed by atoms with Gasteiger partial charge >= 0.3 is 29.8 Å². The van der Waals surface area contributed by atoms with Crippen LogP contribution in [-0.4, -0.2) is 206 Å². The number of nitrogens with zero attached hydrogens (tertiary/aromatic N) is 10. The third kappa shape index (κ3) is 22.7. The van der Waals surface area contributed by atoms with Crippen LogP contribution in [0, 0.1) is 0 Å². The molecule has 10 rings (SSSR count). The number of ether oxygens (including phenoxy) is 10. The Kier molecular flexibility index (Phi) is 36.5. The van der Waals surface area contributed by atoms with Crippen molar-refractivity contribution in [2.24, 2.45) is 16.0 Å². The molecule has 37 nitrogen and oxygen atoms in total. The van der Waals surface area contributed by atoms with Crippen molar-refractivity contribution in [3.63, 3.8) is 0 Å². The number of nitrogens with two attached hydrogens (primary N) is 1. The van der Waals surface area contributed by atoms with Crippen molar-refractivity contribution in [3.8, 4) is 34.3 Å². The van der Waals surface area contributed by atoms with E-state index < -0.39 is 97.2 Å². The molecule has 0 unspecified atom stereocenters. The minimum absolute atomic E-state index is 0. The Balaban J connectivity index is 0.000000318. The van der Waals surface area contributed by atoms with E-state index in [-0.39, 0.29) is 138 Å². The van der Waals surface area contributed by atoms with Crippen LogP contribution in [0.2, 0.25) is 0 Å². The summed E-state index contributed by atoms with van der Waals surface area (Å²) in [6, 6.07) is 13.2. The van der Waals surface area contributed by atoms with Gasteiger partial charge in [0.15, 0.2) is 0 Å². The number of cyclic esters (lactones) is 2. The first-order chi connectivity index (χ1) is 52.0. The number of carboxylic acids is 1. The molecule has 0 saturated carbocycles. The number of nitrogens with one attached hydrogen (secondary N) is 3. The highest BCUT2D eigenvalue weighted by Crippen LogP contribution is 2.45. The topological polar surface area (TPSA) is 519 Å². The molecule has 4 aromatic heterocycles. The van der Waals surface area contributed by atoms with E-state index in [1.165, 1.54) is 6.07 Å². The Morgan fingerprint density at radius 1 is 0.582 bits per heavy atom. The predicted molar refractivity (Wildman–Crippen MR) is 398 cm³/mol. The van der Waals surface area contributed by atoms with Crippen molar-refractivity contribution in [2.75, 3.05) is 124 Å². The van der Waals surface area contributed by atoms with E-state index >= 15 is 0 Å². The lowest BCUT2D eigenvalue weighted by molar-refractivity contribution is -0.189. The van der Waals surface area contributed by atoms with Gasteiger partial charge in [-0.25, -0.2) is 24.4 Å². The number of hydrogen-bond acceptors (Lipinski definition) is 27. The Labute approximate surface area is 645 Å². The van der Waals surface area contributed by atoms with Crippen molar-refractivity contribution < 1.29 is 101 Å². The number of azide groups is 2. The predicted octanol–water partition coefficient (Wildman–Crippen LogP) is 5.37. The minimum Gasteiger partial charge on any atom is -0.508 e. The summed E-state index contributed by atoms with van der Waals surface area (Å²) in [5.74, 6) is -5.78. The second-order valence-corrected chi connectivity index (χ2v) is 24.4. The maximum atomic E-state index is 13.9. The van der Waals surface area contributed by atoms with Gasteiger partial charge < -0.3 is 93.5 Å². The molecule has 40 heteroatoms. The Bertz CT molecular complexity index is 4540. The van der Waals surface area contributed by atoms with Gasteiger partial charge in [0, 0.05) is 69.0 Å². The standard InChI is InChI=1S/C34H39N7O11.C24H23N3O6.C10H18N4O6.CH2Cl2.CH4.ClH/c1-3-21-22-13-20(42)5-6-26(22)39-31-23(21)16-41-27(31)14-25-24(32(41)46)17-51-33(47)34(25,4-2)52-30(45)15-37-29(44)19-50-18-28(43)36-7-9-48-11-12-49-10-8-38-40-35;1-3-13-14-7-12(28)5-6-18(14)26-21-15(13)10-27-19(21)8-17-16(22(27)30)11-32-23(31)24(17,4-2)33-20(29)9-25;11-14-13-2-4-19-6-5-18-3-1-12-9(15)7-20-8-10(16)17;2-1-3;;/h5-6,13-14,42H,3-4,7-12,15-19H2,1-2H3,(H,36,43)(H,37,44);5-8,28H,3-4,9-11,25H2,1-2H3;1-8H2,(H,12,15)(H,16,17);1H2;1H4;1H/t34-;24-;;;;/m00..../s1. The maximum absolute atomic E-state index is 13.9. The van der Waals surface area contributed by atoms with E-state index in [0.717, 1.165) is 33.0 Å². The third-order valence-corrected chi connectivity index (χ3v) is 17.0. The summed E-state index contributed by atoms with van der Waals surface area (Å²) >= 11 is 9.53. The highest BCUT2D eigenvalue weighted by molar-refractivity contribution is 6.40. The van der Waals surface area contributed by atoms with Gasteiger partial charge in [0.1, 0.15) is 57.7 Å². The van der Waals surface area contributed by atoms with Gasteiger partial charge in [-0.1, -0.05) is 45.4 Å². The molecule has 0 aliphatic carbocycles. The smallest absolute Gasteiger partial charge is 0.355 e. The maximum Gasteiger partial charge on any atom is 0.355 e. The monoisotopic (exact) mass is 1600 g/mol. The van der Waals surface area contributed by atoms with E-state index in [4.69, 9.17) is 97.7 Å². The zero-order valence-electron chi connectivity index (χ0n) is 59.9. The molecule has 0 bridgehead atoms. The summed E-state index contributed by atoms with van der Waals surface area (Å²) in [5.41, 5.74) is 25.3. The average Bonchev–Trinajstić information content (AvgIpc) is 1.51. The fraction of sp³-hybridized carbons (Fsp3) is 0.486. The number of halogens is 3. The van der Waals surface area contributed by atoms with Crippen molar-refractivity contribution in [3.05, 3.63) is 135 Å². The largest absolute Gasteiger partial charge is 0.508 e. The number of pyridine rings is 4.